The zero-order valence-electron chi connectivity index (χ0n) is 13.2. The highest BCUT2D eigenvalue weighted by Gasteiger charge is 2.39. The molecule has 1 heterocycles. The molecule has 1 saturated heterocycles. The number of cyclic esters (lactones) is 1. The summed E-state index contributed by atoms with van der Waals surface area (Å²) in [4.78, 5) is 11.6. The summed E-state index contributed by atoms with van der Waals surface area (Å²) in [5, 5.41) is 2.92. The molecule has 1 aliphatic heterocycles. The van der Waals surface area contributed by atoms with Gasteiger partial charge in [-0.2, -0.15) is 0 Å². The van der Waals surface area contributed by atoms with Gasteiger partial charge in [0, 0.05) is 11.0 Å². The maximum Gasteiger partial charge on any atom is 0.407 e. The summed E-state index contributed by atoms with van der Waals surface area (Å²) in [5.74, 6) is 1.23. The van der Waals surface area contributed by atoms with Crippen LogP contribution < -0.4 is 10.1 Å². The lowest BCUT2D eigenvalue weighted by Crippen LogP contribution is -2.47. The molecule has 5 heteroatoms. The van der Waals surface area contributed by atoms with E-state index in [9.17, 15) is 4.79 Å². The Balaban J connectivity index is 0.00000220. The number of hydrogen-bond donors (Lipinski definition) is 1. The Morgan fingerprint density at radius 3 is 2.62 bits per heavy atom. The fraction of sp³-hybridized carbons (Fsp3) is 0.562. The molecular weight excluding hydrogens is 290 g/mol. The lowest BCUT2D eigenvalue weighted by Gasteiger charge is -2.39. The molecule has 1 N–H and O–H groups in total. The number of rotatable bonds is 3. The van der Waals surface area contributed by atoms with Crippen LogP contribution in [0.15, 0.2) is 18.2 Å². The fourth-order valence-electron chi connectivity index (χ4n) is 2.53. The first-order chi connectivity index (χ1) is 9.35. The van der Waals surface area contributed by atoms with Gasteiger partial charge in [-0.15, -0.1) is 12.4 Å². The molecule has 1 fully saturated rings. The molecule has 0 aliphatic carbocycles. The third-order valence-electron chi connectivity index (χ3n) is 3.85. The van der Waals surface area contributed by atoms with Gasteiger partial charge in [-0.3, -0.25) is 0 Å². The molecule has 2 rings (SSSR count). The summed E-state index contributed by atoms with van der Waals surface area (Å²) in [6.07, 6.45) is -0.369. The van der Waals surface area contributed by atoms with E-state index in [-0.39, 0.29) is 30.0 Å². The molecule has 1 aromatic rings. The van der Waals surface area contributed by atoms with Gasteiger partial charge in [0.05, 0.1) is 13.2 Å². The Bertz CT molecular complexity index is 514. The van der Waals surface area contributed by atoms with E-state index in [4.69, 9.17) is 9.47 Å². The molecule has 1 amide bonds. The first-order valence-electron chi connectivity index (χ1n) is 6.96. The lowest BCUT2D eigenvalue weighted by atomic mass is 9.79. The van der Waals surface area contributed by atoms with Crippen LogP contribution in [-0.2, 0) is 4.74 Å². The highest BCUT2D eigenvalue weighted by molar-refractivity contribution is 5.85. The molecular formula is C16H24ClNO3. The Labute approximate surface area is 132 Å². The van der Waals surface area contributed by atoms with Gasteiger partial charge in [-0.25, -0.2) is 4.79 Å². The van der Waals surface area contributed by atoms with E-state index >= 15 is 0 Å². The van der Waals surface area contributed by atoms with Crippen LogP contribution in [-0.4, -0.2) is 19.8 Å². The number of carbonyl (C=O) groups excluding carboxylic acids is 1. The van der Waals surface area contributed by atoms with Gasteiger partial charge < -0.3 is 14.8 Å². The van der Waals surface area contributed by atoms with Gasteiger partial charge in [0.2, 0.25) is 0 Å². The van der Waals surface area contributed by atoms with Crippen molar-refractivity contribution >= 4 is 18.5 Å². The second-order valence-electron chi connectivity index (χ2n) is 6.30. The minimum absolute atomic E-state index is 0. The number of nitrogens with one attached hydrogen (secondary N) is 1. The first-order valence-corrected chi connectivity index (χ1v) is 6.96. The van der Waals surface area contributed by atoms with Gasteiger partial charge in [0.15, 0.2) is 0 Å². The van der Waals surface area contributed by atoms with Crippen molar-refractivity contribution in [3.63, 3.8) is 0 Å². The van der Waals surface area contributed by atoms with Crippen molar-refractivity contribution in [2.45, 2.75) is 39.7 Å². The maximum absolute atomic E-state index is 11.6. The quantitative estimate of drug-likeness (QED) is 0.916. The van der Waals surface area contributed by atoms with Crippen LogP contribution in [0.1, 0.15) is 50.8 Å². The average Bonchev–Trinajstić information content (AvgIpc) is 2.40. The van der Waals surface area contributed by atoms with Crippen molar-refractivity contribution in [1.82, 2.24) is 5.32 Å². The van der Waals surface area contributed by atoms with Gasteiger partial charge >= 0.3 is 6.09 Å². The minimum Gasteiger partial charge on any atom is -0.496 e. The molecule has 0 spiro atoms. The van der Waals surface area contributed by atoms with E-state index in [1.165, 1.54) is 5.56 Å². The molecule has 0 aromatic heterocycles. The number of amides is 1. The van der Waals surface area contributed by atoms with Gasteiger partial charge in [0.1, 0.15) is 12.4 Å². The first kappa shape index (κ1) is 17.6. The fourth-order valence-corrected chi connectivity index (χ4v) is 2.53. The number of alkyl carbamates (subject to hydrolysis) is 1. The van der Waals surface area contributed by atoms with E-state index in [2.05, 4.69) is 45.1 Å². The molecule has 118 valence electrons. The summed E-state index contributed by atoms with van der Waals surface area (Å²) in [5.41, 5.74) is 2.06. The Morgan fingerprint density at radius 1 is 1.38 bits per heavy atom. The van der Waals surface area contributed by atoms with Crippen molar-refractivity contribution in [2.75, 3.05) is 13.7 Å². The molecule has 0 unspecified atom stereocenters. The summed E-state index contributed by atoms with van der Waals surface area (Å²) < 4.78 is 10.6. The maximum atomic E-state index is 11.6. The summed E-state index contributed by atoms with van der Waals surface area (Å²) in [6.45, 7) is 8.87. The molecule has 21 heavy (non-hydrogen) atoms. The summed E-state index contributed by atoms with van der Waals surface area (Å²) in [6, 6.07) is 6.06. The largest absolute Gasteiger partial charge is 0.496 e. The van der Waals surface area contributed by atoms with Crippen LogP contribution in [0.3, 0.4) is 0 Å². The number of halogens is 1. The topological polar surface area (TPSA) is 47.6 Å². The van der Waals surface area contributed by atoms with Gasteiger partial charge in [-0.05, 0) is 23.6 Å². The number of ether oxygens (including phenoxy) is 2. The second kappa shape index (κ2) is 6.56. The lowest BCUT2D eigenvalue weighted by molar-refractivity contribution is 0.0381. The van der Waals surface area contributed by atoms with Gasteiger partial charge in [-0.1, -0.05) is 33.8 Å². The number of hydrogen-bond acceptors (Lipinski definition) is 3. The van der Waals surface area contributed by atoms with Crippen molar-refractivity contribution in [3.8, 4) is 5.75 Å². The number of benzene rings is 1. The molecule has 1 aromatic carbocycles. The molecule has 0 bridgehead atoms. The van der Waals surface area contributed by atoms with Crippen molar-refractivity contribution in [3.05, 3.63) is 29.3 Å². The van der Waals surface area contributed by atoms with Gasteiger partial charge in [0.25, 0.3) is 0 Å². The van der Waals surface area contributed by atoms with Crippen molar-refractivity contribution < 1.29 is 14.3 Å². The minimum atomic E-state index is -0.369. The molecule has 1 aliphatic rings. The average molecular weight is 314 g/mol. The smallest absolute Gasteiger partial charge is 0.407 e. The normalized spacial score (nSPS) is 20.3. The Morgan fingerprint density at radius 2 is 2.05 bits per heavy atom. The van der Waals surface area contributed by atoms with Crippen LogP contribution in [0.5, 0.6) is 5.75 Å². The van der Waals surface area contributed by atoms with Crippen LogP contribution in [0.4, 0.5) is 4.79 Å². The van der Waals surface area contributed by atoms with E-state index in [0.717, 1.165) is 11.3 Å². The van der Waals surface area contributed by atoms with Crippen LogP contribution in [0, 0.1) is 5.41 Å². The third-order valence-corrected chi connectivity index (χ3v) is 3.85. The Hall–Kier alpha value is -1.42. The monoisotopic (exact) mass is 313 g/mol. The highest BCUT2D eigenvalue weighted by atomic mass is 35.5. The standard InChI is InChI=1S/C16H23NO3.ClH/c1-10(2)11-6-7-13(19-5)12(8-11)14-16(3,4)9-20-15(18)17-14;/h6-8,10,14H,9H2,1-5H3,(H,17,18);1H/t14-;/m1./s1. The number of methoxy groups -OCH3 is 1. The van der Waals surface area contributed by atoms with E-state index in [1.54, 1.807) is 7.11 Å². The zero-order chi connectivity index (χ0) is 14.9. The highest BCUT2D eigenvalue weighted by Crippen LogP contribution is 2.41. The van der Waals surface area contributed by atoms with Crippen LogP contribution in [0.2, 0.25) is 0 Å². The second-order valence-corrected chi connectivity index (χ2v) is 6.30. The predicted molar refractivity (Wildman–Crippen MR) is 85.3 cm³/mol. The molecule has 0 saturated carbocycles. The molecule has 0 radical (unpaired) electrons. The summed E-state index contributed by atoms with van der Waals surface area (Å²) >= 11 is 0. The van der Waals surface area contributed by atoms with E-state index in [1.807, 2.05) is 6.07 Å². The Kier molecular flexibility index (Phi) is 5.51. The molecule has 1 atom stereocenters. The van der Waals surface area contributed by atoms with E-state index < -0.39 is 0 Å². The van der Waals surface area contributed by atoms with E-state index in [0.29, 0.717) is 12.5 Å². The zero-order valence-corrected chi connectivity index (χ0v) is 14.0. The number of carbonyl (C=O) groups is 1. The summed E-state index contributed by atoms with van der Waals surface area (Å²) in [7, 11) is 1.65. The van der Waals surface area contributed by atoms with Crippen molar-refractivity contribution in [2.24, 2.45) is 5.41 Å². The van der Waals surface area contributed by atoms with Crippen molar-refractivity contribution in [1.29, 1.82) is 0 Å². The molecule has 4 nitrogen and oxygen atoms in total. The van der Waals surface area contributed by atoms with Crippen LogP contribution >= 0.6 is 12.4 Å². The SMILES string of the molecule is COc1ccc(C(C)C)cc1[C@H]1NC(=O)OCC1(C)C.Cl. The third kappa shape index (κ3) is 3.62. The van der Waals surface area contributed by atoms with Crippen LogP contribution in [0.25, 0.3) is 0 Å². The predicted octanol–water partition coefficient (Wildman–Crippen LogP) is 4.05.